The van der Waals surface area contributed by atoms with Crippen LogP contribution in [0.15, 0.2) is 53.9 Å². The molecule has 5 heteroatoms. The third kappa shape index (κ3) is 4.45. The van der Waals surface area contributed by atoms with E-state index >= 15 is 0 Å². The van der Waals surface area contributed by atoms with Gasteiger partial charge in [0.25, 0.3) is 5.91 Å². The number of aryl methyl sites for hydroxylation is 1. The number of nitrogens with one attached hydrogen (secondary N) is 1. The minimum Gasteiger partial charge on any atom is -0.489 e. The standard InChI is InChI=1S/C20H20N2O2S/c1-3-21-19(23)18-13-25-20(22-18)16-7-9-17(10-8-16)24-12-15-6-4-5-14(2)11-15/h4-11,13H,3,12H2,1-2H3,(H,21,23). The van der Waals surface area contributed by atoms with E-state index < -0.39 is 0 Å². The van der Waals surface area contributed by atoms with Crippen LogP contribution < -0.4 is 10.1 Å². The van der Waals surface area contributed by atoms with Crippen LogP contribution in [-0.2, 0) is 6.61 Å². The molecule has 1 amide bonds. The van der Waals surface area contributed by atoms with E-state index in [1.807, 2.05) is 37.3 Å². The van der Waals surface area contributed by atoms with Crippen molar-refractivity contribution in [3.05, 3.63) is 70.7 Å². The molecule has 0 unspecified atom stereocenters. The summed E-state index contributed by atoms with van der Waals surface area (Å²) in [6.07, 6.45) is 0. The van der Waals surface area contributed by atoms with Crippen molar-refractivity contribution in [1.29, 1.82) is 0 Å². The SMILES string of the molecule is CCNC(=O)c1csc(-c2ccc(OCc3cccc(C)c3)cc2)n1. The summed E-state index contributed by atoms with van der Waals surface area (Å²) in [7, 11) is 0. The molecule has 0 saturated heterocycles. The Kier molecular flexibility index (Phi) is 5.46. The van der Waals surface area contributed by atoms with Crippen LogP contribution in [0.3, 0.4) is 0 Å². The molecule has 0 radical (unpaired) electrons. The highest BCUT2D eigenvalue weighted by Gasteiger charge is 2.11. The average molecular weight is 352 g/mol. The molecule has 4 nitrogen and oxygen atoms in total. The summed E-state index contributed by atoms with van der Waals surface area (Å²) in [6.45, 7) is 5.10. The van der Waals surface area contributed by atoms with Crippen molar-refractivity contribution in [2.45, 2.75) is 20.5 Å². The highest BCUT2D eigenvalue weighted by molar-refractivity contribution is 7.13. The summed E-state index contributed by atoms with van der Waals surface area (Å²) < 4.78 is 5.83. The molecule has 1 heterocycles. The molecule has 0 saturated carbocycles. The van der Waals surface area contributed by atoms with Crippen molar-refractivity contribution < 1.29 is 9.53 Å². The summed E-state index contributed by atoms with van der Waals surface area (Å²) in [5, 5.41) is 5.36. The predicted octanol–water partition coefficient (Wildman–Crippen LogP) is 4.45. The van der Waals surface area contributed by atoms with E-state index in [4.69, 9.17) is 4.74 Å². The normalized spacial score (nSPS) is 10.5. The van der Waals surface area contributed by atoms with E-state index in [9.17, 15) is 4.79 Å². The molecule has 3 rings (SSSR count). The number of aromatic nitrogens is 1. The molecule has 0 bridgehead atoms. The van der Waals surface area contributed by atoms with Crippen LogP contribution in [0.25, 0.3) is 10.6 Å². The van der Waals surface area contributed by atoms with Crippen molar-refractivity contribution in [3.63, 3.8) is 0 Å². The molecule has 128 valence electrons. The summed E-state index contributed by atoms with van der Waals surface area (Å²) in [4.78, 5) is 16.2. The second-order valence-corrected chi connectivity index (χ2v) is 6.56. The Morgan fingerprint density at radius 2 is 2.00 bits per heavy atom. The van der Waals surface area contributed by atoms with Crippen molar-refractivity contribution in [2.75, 3.05) is 6.54 Å². The first kappa shape index (κ1) is 17.2. The molecule has 25 heavy (non-hydrogen) atoms. The van der Waals surface area contributed by atoms with Gasteiger partial charge in [0.05, 0.1) is 0 Å². The number of carbonyl (C=O) groups is 1. The zero-order valence-corrected chi connectivity index (χ0v) is 15.1. The van der Waals surface area contributed by atoms with Crippen molar-refractivity contribution in [2.24, 2.45) is 0 Å². The Balaban J connectivity index is 1.65. The molecule has 2 aromatic carbocycles. The van der Waals surface area contributed by atoms with Gasteiger partial charge in [-0.1, -0.05) is 29.8 Å². The number of ether oxygens (including phenoxy) is 1. The molecule has 3 aromatic rings. The summed E-state index contributed by atoms with van der Waals surface area (Å²) >= 11 is 1.46. The lowest BCUT2D eigenvalue weighted by atomic mass is 10.1. The third-order valence-corrected chi connectivity index (χ3v) is 4.55. The average Bonchev–Trinajstić information content (AvgIpc) is 3.11. The Bertz CT molecular complexity index is 856. The molecule has 0 fully saturated rings. The maximum atomic E-state index is 11.8. The van der Waals surface area contributed by atoms with Gasteiger partial charge in [0.15, 0.2) is 0 Å². The second kappa shape index (κ2) is 7.94. The zero-order chi connectivity index (χ0) is 17.6. The van der Waals surface area contributed by atoms with Crippen LogP contribution in [0.4, 0.5) is 0 Å². The van der Waals surface area contributed by atoms with E-state index in [-0.39, 0.29) is 5.91 Å². The number of carbonyl (C=O) groups excluding carboxylic acids is 1. The first-order valence-corrected chi connectivity index (χ1v) is 9.06. The van der Waals surface area contributed by atoms with Gasteiger partial charge in [-0.05, 0) is 43.7 Å². The molecular weight excluding hydrogens is 332 g/mol. The molecule has 0 aliphatic carbocycles. The van der Waals surface area contributed by atoms with Crippen LogP contribution in [-0.4, -0.2) is 17.4 Å². The maximum Gasteiger partial charge on any atom is 0.270 e. The molecule has 0 aliphatic heterocycles. The van der Waals surface area contributed by atoms with Crippen molar-refractivity contribution >= 4 is 17.2 Å². The Morgan fingerprint density at radius 1 is 1.20 bits per heavy atom. The monoisotopic (exact) mass is 352 g/mol. The molecule has 1 N–H and O–H groups in total. The summed E-state index contributed by atoms with van der Waals surface area (Å²) in [5.41, 5.74) is 3.81. The van der Waals surface area contributed by atoms with Crippen LogP contribution in [0.5, 0.6) is 5.75 Å². The van der Waals surface area contributed by atoms with Crippen LogP contribution in [0, 0.1) is 6.92 Å². The Morgan fingerprint density at radius 3 is 2.72 bits per heavy atom. The van der Waals surface area contributed by atoms with Gasteiger partial charge in [0.2, 0.25) is 0 Å². The predicted molar refractivity (Wildman–Crippen MR) is 101 cm³/mol. The first-order chi connectivity index (χ1) is 12.2. The lowest BCUT2D eigenvalue weighted by Gasteiger charge is -2.07. The van der Waals surface area contributed by atoms with Gasteiger partial charge in [-0.25, -0.2) is 4.98 Å². The minimum atomic E-state index is -0.136. The molecular formula is C20H20N2O2S. The summed E-state index contributed by atoms with van der Waals surface area (Å²) in [6, 6.07) is 16.1. The molecule has 1 aromatic heterocycles. The molecule has 0 spiro atoms. The Hall–Kier alpha value is -2.66. The number of benzene rings is 2. The number of nitrogens with zero attached hydrogens (tertiary/aromatic N) is 1. The van der Waals surface area contributed by atoms with Gasteiger partial charge in [0, 0.05) is 17.5 Å². The first-order valence-electron chi connectivity index (χ1n) is 8.18. The fourth-order valence-electron chi connectivity index (χ4n) is 2.42. The van der Waals surface area contributed by atoms with Crippen molar-refractivity contribution in [3.8, 4) is 16.3 Å². The fourth-order valence-corrected chi connectivity index (χ4v) is 3.23. The highest BCUT2D eigenvalue weighted by Crippen LogP contribution is 2.26. The quantitative estimate of drug-likeness (QED) is 0.713. The zero-order valence-electron chi connectivity index (χ0n) is 14.3. The molecule has 0 atom stereocenters. The van der Waals surface area contributed by atoms with Gasteiger partial charge in [-0.15, -0.1) is 11.3 Å². The van der Waals surface area contributed by atoms with Crippen molar-refractivity contribution in [1.82, 2.24) is 10.3 Å². The topological polar surface area (TPSA) is 51.2 Å². The van der Waals surface area contributed by atoms with Crippen LogP contribution >= 0.6 is 11.3 Å². The van der Waals surface area contributed by atoms with E-state index in [2.05, 4.69) is 35.4 Å². The number of amides is 1. The van der Waals surface area contributed by atoms with E-state index in [0.29, 0.717) is 18.8 Å². The van der Waals surface area contributed by atoms with Crippen LogP contribution in [0.2, 0.25) is 0 Å². The minimum absolute atomic E-state index is 0.136. The smallest absolute Gasteiger partial charge is 0.270 e. The number of rotatable bonds is 6. The van der Waals surface area contributed by atoms with Gasteiger partial charge >= 0.3 is 0 Å². The lowest BCUT2D eigenvalue weighted by Crippen LogP contribution is -2.22. The van der Waals surface area contributed by atoms with E-state index in [0.717, 1.165) is 21.9 Å². The summed E-state index contributed by atoms with van der Waals surface area (Å²) in [5.74, 6) is 0.675. The highest BCUT2D eigenvalue weighted by atomic mass is 32.1. The largest absolute Gasteiger partial charge is 0.489 e. The number of thiazole rings is 1. The van der Waals surface area contributed by atoms with Gasteiger partial charge < -0.3 is 10.1 Å². The Labute approximate surface area is 151 Å². The molecule has 0 aliphatic rings. The van der Waals surface area contributed by atoms with E-state index in [1.165, 1.54) is 16.9 Å². The van der Waals surface area contributed by atoms with Gasteiger partial charge in [-0.2, -0.15) is 0 Å². The second-order valence-electron chi connectivity index (χ2n) is 5.70. The lowest BCUT2D eigenvalue weighted by molar-refractivity contribution is 0.0951. The maximum absolute atomic E-state index is 11.8. The number of hydrogen-bond donors (Lipinski definition) is 1. The van der Waals surface area contributed by atoms with Gasteiger partial charge in [0.1, 0.15) is 23.1 Å². The van der Waals surface area contributed by atoms with E-state index in [1.54, 1.807) is 5.38 Å². The van der Waals surface area contributed by atoms with Crippen LogP contribution in [0.1, 0.15) is 28.5 Å². The number of hydrogen-bond acceptors (Lipinski definition) is 4. The van der Waals surface area contributed by atoms with Gasteiger partial charge in [-0.3, -0.25) is 4.79 Å². The third-order valence-electron chi connectivity index (χ3n) is 3.66. The fraction of sp³-hybridized carbons (Fsp3) is 0.200.